The average Bonchev–Trinajstić information content (AvgIpc) is 3.68. The largest absolute Gasteiger partial charge is 0.282 e. The van der Waals surface area contributed by atoms with Crippen LogP contribution in [-0.4, -0.2) is 11.5 Å². The van der Waals surface area contributed by atoms with Crippen molar-refractivity contribution in [3.63, 3.8) is 0 Å². The minimum atomic E-state index is -0.529. The first-order valence-electron chi connectivity index (χ1n) is 21.5. The van der Waals surface area contributed by atoms with Crippen LogP contribution in [0.4, 0.5) is 0 Å². The summed E-state index contributed by atoms with van der Waals surface area (Å²) in [6.45, 7) is 0. The van der Waals surface area contributed by atoms with Crippen LogP contribution in [0.25, 0.3) is 61.0 Å². The van der Waals surface area contributed by atoms with E-state index in [4.69, 9.17) is 10.4 Å². The molecule has 11 rings (SSSR count). The van der Waals surface area contributed by atoms with Crippen LogP contribution in [0.3, 0.4) is 0 Å². The maximum absolute atomic E-state index is 8.79. The lowest BCUT2D eigenvalue weighted by Crippen LogP contribution is -2.29. The Kier molecular flexibility index (Phi) is 9.60. The van der Waals surface area contributed by atoms with E-state index < -0.39 is 5.41 Å². The van der Waals surface area contributed by atoms with Crippen molar-refractivity contribution in [3.8, 4) is 33.4 Å². The summed E-state index contributed by atoms with van der Waals surface area (Å²) >= 11 is 0. The Labute approximate surface area is 368 Å². The summed E-state index contributed by atoms with van der Waals surface area (Å²) in [5.41, 5.74) is 15.5. The number of benzene rings is 10. The number of aliphatic imine (C=N–C) groups is 1. The molecular formula is C61H42N2. The Bertz CT molecular complexity index is 3330. The summed E-state index contributed by atoms with van der Waals surface area (Å²) in [5.74, 6) is 0.229. The fourth-order valence-corrected chi connectivity index (χ4v) is 9.86. The second-order valence-electron chi connectivity index (χ2n) is 16.2. The van der Waals surface area contributed by atoms with Crippen LogP contribution in [0.1, 0.15) is 38.9 Å². The number of hydrogen-bond acceptors (Lipinski definition) is 1. The molecule has 0 saturated carbocycles. The Morgan fingerprint density at radius 3 is 1.62 bits per heavy atom. The Morgan fingerprint density at radius 1 is 0.413 bits per heavy atom. The van der Waals surface area contributed by atoms with Crippen LogP contribution in [0.15, 0.2) is 248 Å². The van der Waals surface area contributed by atoms with Gasteiger partial charge in [0.25, 0.3) is 0 Å². The molecule has 0 atom stereocenters. The lowest BCUT2D eigenvalue weighted by Gasteiger charge is -2.35. The number of hydrogen-bond donors (Lipinski definition) is 1. The quantitative estimate of drug-likeness (QED) is 0.117. The predicted molar refractivity (Wildman–Crippen MR) is 265 cm³/mol. The standard InChI is InChI=1S/C61H42N2/c62-60(47-21-7-2-8-22-47)63-57(46-19-5-1-6-20-46)41-38-44-36-39-51(54-29-16-15-27-50(44)54)43-32-34-45(35-33-43)53-30-17-31-55-58-52-28-14-13-18-42(52)37-40-56(58)61(59(53)55,48-23-9-3-10-24-48)49-25-11-4-12-26-49/h1-41,62H/b41-38+,62-60?,63-57?. The summed E-state index contributed by atoms with van der Waals surface area (Å²) in [4.78, 5) is 4.81. The topological polar surface area (TPSA) is 36.2 Å². The van der Waals surface area contributed by atoms with Gasteiger partial charge in [-0.3, -0.25) is 5.41 Å². The fraction of sp³-hybridized carbons (Fsp3) is 0.0164. The highest BCUT2D eigenvalue weighted by Crippen LogP contribution is 2.60. The molecular weight excluding hydrogens is 761 g/mol. The van der Waals surface area contributed by atoms with Gasteiger partial charge < -0.3 is 0 Å². The van der Waals surface area contributed by atoms with Gasteiger partial charge in [-0.25, -0.2) is 4.99 Å². The Morgan fingerprint density at radius 2 is 0.952 bits per heavy atom. The van der Waals surface area contributed by atoms with Gasteiger partial charge in [0.15, 0.2) is 5.84 Å². The van der Waals surface area contributed by atoms with Gasteiger partial charge >= 0.3 is 0 Å². The van der Waals surface area contributed by atoms with Gasteiger partial charge in [0, 0.05) is 11.1 Å². The van der Waals surface area contributed by atoms with Crippen LogP contribution in [0, 0.1) is 5.41 Å². The van der Waals surface area contributed by atoms with Gasteiger partial charge in [-0.1, -0.05) is 243 Å². The highest BCUT2D eigenvalue weighted by Gasteiger charge is 2.48. The van der Waals surface area contributed by atoms with Crippen LogP contribution in [0.2, 0.25) is 0 Å². The van der Waals surface area contributed by atoms with E-state index in [1.54, 1.807) is 0 Å². The molecule has 1 N–H and O–H groups in total. The third kappa shape index (κ3) is 6.52. The van der Waals surface area contributed by atoms with Gasteiger partial charge in [-0.2, -0.15) is 0 Å². The first kappa shape index (κ1) is 37.8. The third-order valence-corrected chi connectivity index (χ3v) is 12.7. The SMILES string of the molecule is N=C(N=C(/C=C/c1ccc(-c2ccc(-c3cccc4c3C(c3ccccc3)(c3ccccc3)c3ccc5ccccc5c3-4)cc2)c2ccccc12)c1ccccc1)c1ccccc1. The number of fused-ring (bicyclic) bond motifs is 6. The van der Waals surface area contributed by atoms with Gasteiger partial charge in [0.05, 0.1) is 11.1 Å². The van der Waals surface area contributed by atoms with E-state index in [2.05, 4.69) is 182 Å². The molecule has 0 saturated heterocycles. The molecule has 0 fully saturated rings. The minimum Gasteiger partial charge on any atom is -0.282 e. The smallest absolute Gasteiger partial charge is 0.152 e. The second kappa shape index (κ2) is 16.0. The van der Waals surface area contributed by atoms with Crippen LogP contribution < -0.4 is 0 Å². The monoisotopic (exact) mass is 802 g/mol. The maximum atomic E-state index is 8.79. The average molecular weight is 803 g/mol. The molecule has 10 aromatic rings. The molecule has 0 spiro atoms. The molecule has 0 amide bonds. The first-order valence-corrected chi connectivity index (χ1v) is 21.5. The Balaban J connectivity index is 1.02. The van der Waals surface area contributed by atoms with E-state index in [0.29, 0.717) is 0 Å². The van der Waals surface area contributed by atoms with E-state index in [1.807, 2.05) is 66.7 Å². The zero-order valence-corrected chi connectivity index (χ0v) is 34.6. The van der Waals surface area contributed by atoms with Crippen molar-refractivity contribution in [2.75, 3.05) is 0 Å². The van der Waals surface area contributed by atoms with Crippen molar-refractivity contribution in [1.29, 1.82) is 5.41 Å². The molecule has 0 aliphatic heterocycles. The van der Waals surface area contributed by atoms with Gasteiger partial charge in [-0.15, -0.1) is 0 Å². The van der Waals surface area contributed by atoms with Gasteiger partial charge in [0.1, 0.15) is 0 Å². The van der Waals surface area contributed by atoms with Crippen molar-refractivity contribution in [2.24, 2.45) is 4.99 Å². The summed E-state index contributed by atoms with van der Waals surface area (Å²) < 4.78 is 0. The molecule has 2 heteroatoms. The molecule has 0 aromatic heterocycles. The van der Waals surface area contributed by atoms with Crippen LogP contribution >= 0.6 is 0 Å². The summed E-state index contributed by atoms with van der Waals surface area (Å²) in [6, 6.07) is 84.5. The molecule has 10 aromatic carbocycles. The third-order valence-electron chi connectivity index (χ3n) is 12.7. The Hall–Kier alpha value is -8.20. The van der Waals surface area contributed by atoms with Crippen LogP contribution in [-0.2, 0) is 5.41 Å². The first-order chi connectivity index (χ1) is 31.2. The van der Waals surface area contributed by atoms with Crippen molar-refractivity contribution in [2.45, 2.75) is 5.41 Å². The number of nitrogens with one attached hydrogen (secondary N) is 1. The fourth-order valence-electron chi connectivity index (χ4n) is 9.86. The normalized spacial score (nSPS) is 13.0. The highest BCUT2D eigenvalue weighted by molar-refractivity contribution is 6.18. The lowest BCUT2D eigenvalue weighted by molar-refractivity contribution is 0.771. The zero-order valence-electron chi connectivity index (χ0n) is 34.6. The highest BCUT2D eigenvalue weighted by atomic mass is 14.8. The summed E-state index contributed by atoms with van der Waals surface area (Å²) in [7, 11) is 0. The molecule has 1 aliphatic rings. The second-order valence-corrected chi connectivity index (χ2v) is 16.2. The molecule has 2 nitrogen and oxygen atoms in total. The lowest BCUT2D eigenvalue weighted by atomic mass is 9.66. The summed E-state index contributed by atoms with van der Waals surface area (Å²) in [6.07, 6.45) is 4.16. The van der Waals surface area contributed by atoms with Crippen LogP contribution in [0.5, 0.6) is 0 Å². The van der Waals surface area contributed by atoms with E-state index in [9.17, 15) is 0 Å². The molecule has 1 aliphatic carbocycles. The number of rotatable bonds is 8. The maximum Gasteiger partial charge on any atom is 0.152 e. The number of amidine groups is 1. The molecule has 0 bridgehead atoms. The van der Waals surface area contributed by atoms with E-state index in [1.165, 1.54) is 66.2 Å². The van der Waals surface area contributed by atoms with Crippen molar-refractivity contribution in [3.05, 3.63) is 282 Å². The molecule has 296 valence electrons. The number of nitrogens with zero attached hydrogens (tertiary/aromatic N) is 1. The van der Waals surface area contributed by atoms with Crippen molar-refractivity contribution in [1.82, 2.24) is 0 Å². The molecule has 0 unspecified atom stereocenters. The zero-order chi connectivity index (χ0) is 42.2. The minimum absolute atomic E-state index is 0.229. The molecule has 0 heterocycles. The van der Waals surface area contributed by atoms with E-state index in [-0.39, 0.29) is 5.84 Å². The molecule has 63 heavy (non-hydrogen) atoms. The van der Waals surface area contributed by atoms with E-state index in [0.717, 1.165) is 33.4 Å². The number of allylic oxidation sites excluding steroid dienone is 1. The summed E-state index contributed by atoms with van der Waals surface area (Å²) in [5, 5.41) is 13.6. The molecule has 0 radical (unpaired) electrons. The van der Waals surface area contributed by atoms with Crippen molar-refractivity contribution < 1.29 is 0 Å². The van der Waals surface area contributed by atoms with E-state index >= 15 is 0 Å². The van der Waals surface area contributed by atoms with Crippen molar-refractivity contribution >= 4 is 39.2 Å². The van der Waals surface area contributed by atoms with Gasteiger partial charge in [-0.05, 0) is 88.8 Å². The predicted octanol–water partition coefficient (Wildman–Crippen LogP) is 15.2. The van der Waals surface area contributed by atoms with Gasteiger partial charge in [0.2, 0.25) is 0 Å².